The summed E-state index contributed by atoms with van der Waals surface area (Å²) in [6.45, 7) is 0. The van der Waals surface area contributed by atoms with Gasteiger partial charge >= 0.3 is 0 Å². The third-order valence-corrected chi connectivity index (χ3v) is 3.28. The average Bonchev–Trinajstić information content (AvgIpc) is 2.58. The summed E-state index contributed by atoms with van der Waals surface area (Å²) in [5.74, 6) is 0.849. The van der Waals surface area contributed by atoms with Crippen LogP contribution in [-0.4, -0.2) is 7.11 Å². The van der Waals surface area contributed by atoms with Crippen molar-refractivity contribution in [2.75, 3.05) is 7.11 Å². The minimum atomic E-state index is -0.195. The second-order valence-electron chi connectivity index (χ2n) is 2.88. The van der Waals surface area contributed by atoms with E-state index in [1.165, 1.54) is 16.7 Å². The van der Waals surface area contributed by atoms with Gasteiger partial charge in [-0.3, -0.25) is 0 Å². The summed E-state index contributed by atoms with van der Waals surface area (Å²) in [5, 5.41) is 2.11. The van der Waals surface area contributed by atoms with Gasteiger partial charge in [0.25, 0.3) is 0 Å². The van der Waals surface area contributed by atoms with Crippen LogP contribution in [0.5, 0.6) is 5.75 Å². The SMILES string of the molecule is COc1cc2scc(F)c2cc1CCl. The third-order valence-electron chi connectivity index (χ3n) is 2.07. The molecule has 0 N–H and O–H groups in total. The van der Waals surface area contributed by atoms with Crippen LogP contribution in [0.2, 0.25) is 0 Å². The van der Waals surface area contributed by atoms with Crippen molar-refractivity contribution in [3.63, 3.8) is 0 Å². The zero-order valence-electron chi connectivity index (χ0n) is 7.51. The molecule has 1 aromatic heterocycles. The van der Waals surface area contributed by atoms with E-state index in [-0.39, 0.29) is 5.82 Å². The van der Waals surface area contributed by atoms with Crippen LogP contribution in [0.1, 0.15) is 5.56 Å². The third kappa shape index (κ3) is 1.47. The van der Waals surface area contributed by atoms with E-state index in [0.29, 0.717) is 17.0 Å². The Hall–Kier alpha value is -0.800. The summed E-state index contributed by atoms with van der Waals surface area (Å²) in [6, 6.07) is 3.56. The summed E-state index contributed by atoms with van der Waals surface area (Å²) >= 11 is 7.10. The Balaban J connectivity index is 2.71. The number of rotatable bonds is 2. The lowest BCUT2D eigenvalue weighted by molar-refractivity contribution is 0.412. The maximum absolute atomic E-state index is 13.2. The number of methoxy groups -OCH3 is 1. The number of alkyl halides is 1. The van der Waals surface area contributed by atoms with E-state index in [1.54, 1.807) is 13.2 Å². The molecule has 0 spiro atoms. The van der Waals surface area contributed by atoms with Crippen molar-refractivity contribution in [3.05, 3.63) is 28.9 Å². The lowest BCUT2D eigenvalue weighted by Gasteiger charge is -2.05. The Kier molecular flexibility index (Phi) is 2.61. The highest BCUT2D eigenvalue weighted by atomic mass is 35.5. The molecule has 0 atom stereocenters. The molecule has 0 saturated carbocycles. The van der Waals surface area contributed by atoms with Crippen LogP contribution in [0.15, 0.2) is 17.5 Å². The summed E-state index contributed by atoms with van der Waals surface area (Å²) in [4.78, 5) is 0. The quantitative estimate of drug-likeness (QED) is 0.714. The summed E-state index contributed by atoms with van der Waals surface area (Å²) in [5.41, 5.74) is 0.818. The van der Waals surface area contributed by atoms with Gasteiger partial charge in [0.15, 0.2) is 0 Å². The van der Waals surface area contributed by atoms with Gasteiger partial charge in [-0.25, -0.2) is 4.39 Å². The van der Waals surface area contributed by atoms with Gasteiger partial charge in [-0.2, -0.15) is 0 Å². The first kappa shape index (κ1) is 9.74. The average molecular weight is 231 g/mol. The fourth-order valence-electron chi connectivity index (χ4n) is 1.36. The molecule has 0 aliphatic heterocycles. The lowest BCUT2D eigenvalue weighted by Crippen LogP contribution is -1.88. The van der Waals surface area contributed by atoms with Gasteiger partial charge in [0.05, 0.1) is 13.0 Å². The highest BCUT2D eigenvalue weighted by Gasteiger charge is 2.09. The van der Waals surface area contributed by atoms with Crippen LogP contribution < -0.4 is 4.74 Å². The molecule has 0 fully saturated rings. The van der Waals surface area contributed by atoms with E-state index in [9.17, 15) is 4.39 Å². The summed E-state index contributed by atoms with van der Waals surface area (Å²) in [6.07, 6.45) is 0. The Labute approximate surface area is 90.1 Å². The molecule has 0 saturated heterocycles. The fraction of sp³-hybridized carbons (Fsp3) is 0.200. The minimum absolute atomic E-state index is 0.195. The van der Waals surface area contributed by atoms with E-state index in [4.69, 9.17) is 16.3 Å². The molecule has 1 heterocycles. The van der Waals surface area contributed by atoms with E-state index in [2.05, 4.69) is 0 Å². The van der Waals surface area contributed by atoms with Crippen molar-refractivity contribution in [3.8, 4) is 5.75 Å². The number of fused-ring (bicyclic) bond motifs is 1. The van der Waals surface area contributed by atoms with E-state index >= 15 is 0 Å². The second-order valence-corrected chi connectivity index (χ2v) is 4.06. The highest BCUT2D eigenvalue weighted by Crippen LogP contribution is 2.32. The molecule has 0 unspecified atom stereocenters. The molecule has 1 aromatic carbocycles. The zero-order chi connectivity index (χ0) is 10.1. The van der Waals surface area contributed by atoms with Gasteiger partial charge in [0, 0.05) is 21.0 Å². The number of hydrogen-bond acceptors (Lipinski definition) is 2. The molecular weight excluding hydrogens is 223 g/mol. The number of thiophene rings is 1. The van der Waals surface area contributed by atoms with Crippen LogP contribution in [0.4, 0.5) is 4.39 Å². The fourth-order valence-corrected chi connectivity index (χ4v) is 2.39. The van der Waals surface area contributed by atoms with Crippen molar-refractivity contribution in [2.45, 2.75) is 5.88 Å². The Morgan fingerprint density at radius 1 is 1.50 bits per heavy atom. The monoisotopic (exact) mass is 230 g/mol. The molecule has 2 aromatic rings. The van der Waals surface area contributed by atoms with Crippen LogP contribution >= 0.6 is 22.9 Å². The largest absolute Gasteiger partial charge is 0.496 e. The Bertz CT molecular complexity index is 466. The molecule has 4 heteroatoms. The van der Waals surface area contributed by atoms with Gasteiger partial charge in [0.2, 0.25) is 0 Å². The van der Waals surface area contributed by atoms with Gasteiger partial charge in [0.1, 0.15) is 11.6 Å². The predicted molar refractivity (Wildman–Crippen MR) is 57.9 cm³/mol. The Morgan fingerprint density at radius 3 is 2.93 bits per heavy atom. The first-order valence-corrected chi connectivity index (χ1v) is 5.47. The first-order valence-electron chi connectivity index (χ1n) is 4.06. The van der Waals surface area contributed by atoms with Gasteiger partial charge in [-0.1, -0.05) is 0 Å². The van der Waals surface area contributed by atoms with Crippen LogP contribution in [0.25, 0.3) is 10.1 Å². The molecule has 14 heavy (non-hydrogen) atoms. The van der Waals surface area contributed by atoms with E-state index in [1.807, 2.05) is 6.07 Å². The normalized spacial score (nSPS) is 10.8. The standard InChI is InChI=1S/C10H8ClFOS/c1-13-9-3-10-7(2-6(9)4-11)8(12)5-14-10/h2-3,5H,4H2,1H3. The molecule has 0 aliphatic rings. The molecule has 1 nitrogen and oxygen atoms in total. The van der Waals surface area contributed by atoms with Crippen molar-refractivity contribution in [2.24, 2.45) is 0 Å². The second kappa shape index (κ2) is 3.75. The molecule has 74 valence electrons. The smallest absolute Gasteiger partial charge is 0.141 e. The van der Waals surface area contributed by atoms with Crippen molar-refractivity contribution < 1.29 is 9.13 Å². The minimum Gasteiger partial charge on any atom is -0.496 e. The topological polar surface area (TPSA) is 9.23 Å². The summed E-state index contributed by atoms with van der Waals surface area (Å²) < 4.78 is 19.3. The van der Waals surface area contributed by atoms with Crippen molar-refractivity contribution in [1.29, 1.82) is 0 Å². The summed E-state index contributed by atoms with van der Waals surface area (Å²) in [7, 11) is 1.58. The number of halogens is 2. The van der Waals surface area contributed by atoms with Gasteiger partial charge in [-0.15, -0.1) is 22.9 Å². The number of hydrogen-bond donors (Lipinski definition) is 0. The van der Waals surface area contributed by atoms with Gasteiger partial charge < -0.3 is 4.74 Å². The van der Waals surface area contributed by atoms with Crippen LogP contribution in [0.3, 0.4) is 0 Å². The maximum atomic E-state index is 13.2. The highest BCUT2D eigenvalue weighted by molar-refractivity contribution is 7.17. The molecule has 0 aliphatic carbocycles. The predicted octanol–water partition coefficient (Wildman–Crippen LogP) is 3.79. The van der Waals surface area contributed by atoms with E-state index in [0.717, 1.165) is 10.3 Å². The first-order chi connectivity index (χ1) is 6.76. The number of benzene rings is 1. The van der Waals surface area contributed by atoms with Crippen molar-refractivity contribution >= 4 is 33.0 Å². The van der Waals surface area contributed by atoms with Crippen molar-refractivity contribution in [1.82, 2.24) is 0 Å². The van der Waals surface area contributed by atoms with Crippen LogP contribution in [0, 0.1) is 5.82 Å². The molecule has 0 amide bonds. The molecule has 0 radical (unpaired) electrons. The maximum Gasteiger partial charge on any atom is 0.141 e. The zero-order valence-corrected chi connectivity index (χ0v) is 9.08. The molecule has 2 rings (SSSR count). The molecule has 0 bridgehead atoms. The molecular formula is C10H8ClFOS. The van der Waals surface area contributed by atoms with Crippen LogP contribution in [-0.2, 0) is 5.88 Å². The van der Waals surface area contributed by atoms with E-state index < -0.39 is 0 Å². The van der Waals surface area contributed by atoms with Gasteiger partial charge in [-0.05, 0) is 12.1 Å². The number of ether oxygens (including phenoxy) is 1. The lowest BCUT2D eigenvalue weighted by atomic mass is 10.1. The Morgan fingerprint density at radius 2 is 2.29 bits per heavy atom.